The third-order valence-electron chi connectivity index (χ3n) is 4.62. The van der Waals surface area contributed by atoms with Crippen LogP contribution >= 0.6 is 0 Å². The first-order chi connectivity index (χ1) is 9.93. The molecule has 21 heavy (non-hydrogen) atoms. The lowest BCUT2D eigenvalue weighted by Gasteiger charge is -2.40. The van der Waals surface area contributed by atoms with Crippen molar-refractivity contribution >= 4 is 11.6 Å². The molecule has 1 aromatic carbocycles. The molecule has 0 radical (unpaired) electrons. The van der Waals surface area contributed by atoms with Crippen LogP contribution in [0.15, 0.2) is 12.1 Å². The molecule has 5 heteroatoms. The van der Waals surface area contributed by atoms with Crippen LogP contribution in [0.3, 0.4) is 0 Å². The highest BCUT2D eigenvalue weighted by Crippen LogP contribution is 2.43. The maximum absolute atomic E-state index is 12.7. The third kappa shape index (κ3) is 2.08. The summed E-state index contributed by atoms with van der Waals surface area (Å²) in [5.74, 6) is -2.05. The first-order valence-corrected chi connectivity index (χ1v) is 7.07. The fourth-order valence-electron chi connectivity index (χ4n) is 3.62. The lowest BCUT2D eigenvalue weighted by molar-refractivity contribution is -0.0352. The van der Waals surface area contributed by atoms with Crippen LogP contribution in [-0.2, 0) is 4.74 Å². The second-order valence-electron chi connectivity index (χ2n) is 5.96. The highest BCUT2D eigenvalue weighted by molar-refractivity contribution is 6.17. The number of ketones is 2. The molecule has 3 rings (SSSR count). The van der Waals surface area contributed by atoms with Gasteiger partial charge in [-0.05, 0) is 31.0 Å². The highest BCUT2D eigenvalue weighted by atomic mass is 16.5. The van der Waals surface area contributed by atoms with E-state index in [0.717, 1.165) is 5.56 Å². The number of aliphatic hydroxyl groups excluding tert-OH is 1. The van der Waals surface area contributed by atoms with E-state index in [2.05, 4.69) is 0 Å². The molecule has 1 aromatic rings. The molecule has 1 fully saturated rings. The van der Waals surface area contributed by atoms with Crippen molar-refractivity contribution in [3.8, 4) is 5.75 Å². The van der Waals surface area contributed by atoms with Crippen LogP contribution in [0.2, 0.25) is 0 Å². The normalized spacial score (nSPS) is 31.8. The van der Waals surface area contributed by atoms with Gasteiger partial charge in [0.1, 0.15) is 5.75 Å². The van der Waals surface area contributed by atoms with Crippen LogP contribution in [0.1, 0.15) is 39.1 Å². The van der Waals surface area contributed by atoms with Gasteiger partial charge in [0, 0.05) is 25.0 Å². The Bertz CT molecular complexity index is 621. The lowest BCUT2D eigenvalue weighted by Crippen LogP contribution is -2.49. The quantitative estimate of drug-likeness (QED) is 0.818. The minimum atomic E-state index is -0.918. The number of aromatic hydroxyl groups is 1. The van der Waals surface area contributed by atoms with Crippen molar-refractivity contribution < 1.29 is 24.5 Å². The van der Waals surface area contributed by atoms with Gasteiger partial charge in [-0.2, -0.15) is 0 Å². The zero-order valence-electron chi connectivity index (χ0n) is 12.0. The molecule has 0 aromatic heterocycles. The van der Waals surface area contributed by atoms with Gasteiger partial charge in [0.15, 0.2) is 11.6 Å². The van der Waals surface area contributed by atoms with E-state index in [-0.39, 0.29) is 34.5 Å². The number of phenols is 1. The third-order valence-corrected chi connectivity index (χ3v) is 4.62. The van der Waals surface area contributed by atoms with Crippen LogP contribution in [0.4, 0.5) is 0 Å². The molecular weight excluding hydrogens is 272 g/mol. The second-order valence-corrected chi connectivity index (χ2v) is 5.96. The SMILES string of the molecule is CO[C@@H]1C[C@@H]2C(=O)c3cc(C)cc(O)c3C(=O)[C@@H]2[C@@H](O)C1. The van der Waals surface area contributed by atoms with Crippen molar-refractivity contribution in [2.75, 3.05) is 7.11 Å². The summed E-state index contributed by atoms with van der Waals surface area (Å²) >= 11 is 0. The summed E-state index contributed by atoms with van der Waals surface area (Å²) in [5, 5.41) is 20.3. The summed E-state index contributed by atoms with van der Waals surface area (Å²) in [6, 6.07) is 3.10. The maximum atomic E-state index is 12.7. The number of Topliss-reactive ketones (excluding diaryl/α,β-unsaturated/α-hetero) is 2. The largest absolute Gasteiger partial charge is 0.507 e. The number of phenolic OH excluding ortho intramolecular Hbond substituents is 1. The Hall–Kier alpha value is -1.72. The van der Waals surface area contributed by atoms with E-state index in [9.17, 15) is 19.8 Å². The molecule has 0 bridgehead atoms. The summed E-state index contributed by atoms with van der Waals surface area (Å²) in [6.07, 6.45) is -0.382. The molecule has 0 saturated heterocycles. The molecule has 112 valence electrons. The minimum Gasteiger partial charge on any atom is -0.507 e. The Morgan fingerprint density at radius 1 is 1.19 bits per heavy atom. The monoisotopic (exact) mass is 290 g/mol. The first kappa shape index (κ1) is 14.2. The number of hydrogen-bond acceptors (Lipinski definition) is 5. The molecule has 2 aliphatic carbocycles. The summed E-state index contributed by atoms with van der Waals surface area (Å²) < 4.78 is 5.26. The van der Waals surface area contributed by atoms with E-state index in [4.69, 9.17) is 4.74 Å². The maximum Gasteiger partial charge on any atom is 0.173 e. The fraction of sp³-hybridized carbons (Fsp3) is 0.500. The number of aryl methyl sites for hydroxylation is 1. The summed E-state index contributed by atoms with van der Waals surface area (Å²) in [4.78, 5) is 25.3. The summed E-state index contributed by atoms with van der Waals surface area (Å²) in [6.45, 7) is 1.76. The van der Waals surface area contributed by atoms with Crippen molar-refractivity contribution in [1.82, 2.24) is 0 Å². The molecule has 2 aliphatic rings. The van der Waals surface area contributed by atoms with Gasteiger partial charge in [-0.1, -0.05) is 0 Å². The smallest absolute Gasteiger partial charge is 0.173 e. The van der Waals surface area contributed by atoms with Crippen molar-refractivity contribution in [1.29, 1.82) is 0 Å². The average molecular weight is 290 g/mol. The molecule has 0 spiro atoms. The number of rotatable bonds is 1. The number of fused-ring (bicyclic) bond motifs is 2. The van der Waals surface area contributed by atoms with E-state index in [1.165, 1.54) is 13.2 Å². The number of carbonyl (C=O) groups is 2. The van der Waals surface area contributed by atoms with E-state index in [1.54, 1.807) is 13.0 Å². The molecule has 2 N–H and O–H groups in total. The van der Waals surface area contributed by atoms with Crippen LogP contribution in [-0.4, -0.2) is 41.1 Å². The predicted octanol–water partition coefficient (Wildman–Crippen LogP) is 1.48. The van der Waals surface area contributed by atoms with Crippen LogP contribution < -0.4 is 0 Å². The van der Waals surface area contributed by atoms with Gasteiger partial charge in [0.05, 0.1) is 23.7 Å². The molecule has 1 saturated carbocycles. The Balaban J connectivity index is 2.12. The highest BCUT2D eigenvalue weighted by Gasteiger charge is 2.50. The number of benzene rings is 1. The predicted molar refractivity (Wildman–Crippen MR) is 74.5 cm³/mol. The zero-order chi connectivity index (χ0) is 15.3. The number of methoxy groups -OCH3 is 1. The Labute approximate surface area is 122 Å². The molecule has 0 aliphatic heterocycles. The van der Waals surface area contributed by atoms with Crippen LogP contribution in [0.5, 0.6) is 5.75 Å². The lowest BCUT2D eigenvalue weighted by atomic mass is 9.65. The van der Waals surface area contributed by atoms with Gasteiger partial charge in [-0.15, -0.1) is 0 Å². The van der Waals surface area contributed by atoms with Crippen molar-refractivity contribution in [2.24, 2.45) is 11.8 Å². The average Bonchev–Trinajstić information content (AvgIpc) is 2.43. The fourth-order valence-corrected chi connectivity index (χ4v) is 3.62. The number of ether oxygens (including phenoxy) is 1. The van der Waals surface area contributed by atoms with Gasteiger partial charge < -0.3 is 14.9 Å². The Morgan fingerprint density at radius 2 is 1.90 bits per heavy atom. The van der Waals surface area contributed by atoms with E-state index in [0.29, 0.717) is 12.8 Å². The van der Waals surface area contributed by atoms with E-state index < -0.39 is 17.9 Å². The van der Waals surface area contributed by atoms with Crippen molar-refractivity contribution in [3.05, 3.63) is 28.8 Å². The molecule has 0 amide bonds. The minimum absolute atomic E-state index is 0.0572. The Morgan fingerprint density at radius 3 is 2.57 bits per heavy atom. The standard InChI is InChI=1S/C16H18O5/c1-7-3-9-13(11(17)4-7)16(20)14-10(15(9)19)5-8(21-2)6-12(14)18/h3-4,8,10,12,14,17-18H,5-6H2,1-2H3/t8-,10+,12+,14+/m1/s1. The first-order valence-electron chi connectivity index (χ1n) is 7.07. The Kier molecular flexibility index (Phi) is 3.34. The van der Waals surface area contributed by atoms with Crippen molar-refractivity contribution in [3.63, 3.8) is 0 Å². The number of aliphatic hydroxyl groups is 1. The molecular formula is C16H18O5. The molecule has 4 atom stereocenters. The van der Waals surface area contributed by atoms with Gasteiger partial charge in [-0.25, -0.2) is 0 Å². The van der Waals surface area contributed by atoms with E-state index in [1.807, 2.05) is 0 Å². The number of hydrogen-bond donors (Lipinski definition) is 2. The molecule has 0 heterocycles. The summed E-state index contributed by atoms with van der Waals surface area (Å²) in [5.41, 5.74) is 1.05. The van der Waals surface area contributed by atoms with Crippen molar-refractivity contribution in [2.45, 2.75) is 32.0 Å². The van der Waals surface area contributed by atoms with Gasteiger partial charge in [0.25, 0.3) is 0 Å². The molecule has 0 unspecified atom stereocenters. The van der Waals surface area contributed by atoms with Crippen LogP contribution in [0, 0.1) is 18.8 Å². The second kappa shape index (κ2) is 4.93. The molecule has 5 nitrogen and oxygen atoms in total. The van der Waals surface area contributed by atoms with Crippen LogP contribution in [0.25, 0.3) is 0 Å². The van der Waals surface area contributed by atoms with Gasteiger partial charge in [0.2, 0.25) is 0 Å². The number of carbonyl (C=O) groups excluding carboxylic acids is 2. The zero-order valence-corrected chi connectivity index (χ0v) is 12.0. The summed E-state index contributed by atoms with van der Waals surface area (Å²) in [7, 11) is 1.54. The van der Waals surface area contributed by atoms with Gasteiger partial charge >= 0.3 is 0 Å². The van der Waals surface area contributed by atoms with E-state index >= 15 is 0 Å². The topological polar surface area (TPSA) is 83.8 Å². The van der Waals surface area contributed by atoms with Gasteiger partial charge in [-0.3, -0.25) is 9.59 Å².